The van der Waals surface area contributed by atoms with Gasteiger partial charge in [-0.05, 0) is 47.6 Å². The molecule has 2 saturated carbocycles. The third-order valence-corrected chi connectivity index (χ3v) is 10.9. The van der Waals surface area contributed by atoms with E-state index in [0.717, 1.165) is 23.1 Å². The van der Waals surface area contributed by atoms with Crippen LogP contribution >= 0.6 is 18.6 Å². The Morgan fingerprint density at radius 2 is 1.79 bits per heavy atom. The molecule has 7 heteroatoms. The predicted octanol–water partition coefficient (Wildman–Crippen LogP) is 6.82. The summed E-state index contributed by atoms with van der Waals surface area (Å²) in [5, 5.41) is 0. The zero-order valence-corrected chi connectivity index (χ0v) is 22.1. The number of fused-ring (bicyclic) bond motifs is 5. The van der Waals surface area contributed by atoms with Gasteiger partial charge in [0.2, 0.25) is 0 Å². The molecule has 158 valence electrons. The number of methoxy groups -OCH3 is 1. The van der Waals surface area contributed by atoms with Gasteiger partial charge in [-0.1, -0.05) is 40.6 Å². The van der Waals surface area contributed by atoms with Crippen molar-refractivity contribution in [1.29, 1.82) is 0 Å². The molecular weight excluding hydrogens is 443 g/mol. The maximum atomic E-state index is 5.55. The van der Waals surface area contributed by atoms with Crippen molar-refractivity contribution in [2.75, 3.05) is 26.1 Å². The van der Waals surface area contributed by atoms with Crippen LogP contribution < -0.4 is 9.64 Å². The Hall–Kier alpha value is 0.291. The van der Waals surface area contributed by atoms with Gasteiger partial charge >= 0.3 is 35.6 Å². The quantitative estimate of drug-likeness (QED) is 0.353. The third kappa shape index (κ3) is 4.20. The molecule has 0 spiro atoms. The van der Waals surface area contributed by atoms with E-state index >= 15 is 0 Å². The second-order valence-electron chi connectivity index (χ2n) is 8.64. The van der Waals surface area contributed by atoms with E-state index in [2.05, 4.69) is 50.3 Å². The molecule has 1 heterocycles. The first kappa shape index (κ1) is 24.6. The van der Waals surface area contributed by atoms with Gasteiger partial charge in [0.15, 0.2) is 0 Å². The maximum absolute atomic E-state index is 5.55. The second kappa shape index (κ2) is 10.1. The van der Waals surface area contributed by atoms with Crippen molar-refractivity contribution in [3.63, 3.8) is 0 Å². The number of anilines is 1. The summed E-state index contributed by atoms with van der Waals surface area (Å²) >= 11 is -0.556. The summed E-state index contributed by atoms with van der Waals surface area (Å²) in [5.74, 6) is 3.42. The molecule has 3 aliphatic rings. The molecule has 0 amide bonds. The van der Waals surface area contributed by atoms with Crippen molar-refractivity contribution in [1.82, 2.24) is 0 Å². The van der Waals surface area contributed by atoms with Crippen molar-refractivity contribution in [2.24, 2.45) is 11.8 Å². The Morgan fingerprint density at radius 3 is 2.36 bits per heavy atom. The summed E-state index contributed by atoms with van der Waals surface area (Å²) < 4.78 is 5.55. The van der Waals surface area contributed by atoms with Gasteiger partial charge in [0.1, 0.15) is 5.75 Å². The Bertz CT molecular complexity index is 663. The first-order valence-corrected chi connectivity index (χ1v) is 17.2. The van der Waals surface area contributed by atoms with E-state index in [1.54, 1.807) is 12.7 Å². The van der Waals surface area contributed by atoms with Crippen molar-refractivity contribution >= 4 is 32.5 Å². The molecule has 0 saturated heterocycles. The molecule has 0 N–H and O–H groups in total. The van der Waals surface area contributed by atoms with Gasteiger partial charge in [-0.15, -0.1) is 0 Å². The van der Waals surface area contributed by atoms with Crippen molar-refractivity contribution in [3.05, 3.63) is 36.2 Å². The fourth-order valence-corrected chi connectivity index (χ4v) is 9.23. The summed E-state index contributed by atoms with van der Waals surface area (Å²) in [6.07, 6.45) is 5.65. The second-order valence-corrected chi connectivity index (χ2v) is 15.6. The van der Waals surface area contributed by atoms with Gasteiger partial charge in [-0.25, -0.2) is 0 Å². The number of likely N-dealkylation sites (N-methyl/N-ethyl adjacent to an activating group) is 1. The van der Waals surface area contributed by atoms with E-state index in [4.69, 9.17) is 28.3 Å². The zero-order valence-electron chi connectivity index (χ0n) is 18.0. The Morgan fingerprint density at radius 1 is 1.18 bits per heavy atom. The van der Waals surface area contributed by atoms with Crippen LogP contribution in [-0.2, 0) is 17.0 Å². The van der Waals surface area contributed by atoms with Crippen LogP contribution in [0, 0.1) is 19.3 Å². The molecule has 5 unspecified atom stereocenters. The van der Waals surface area contributed by atoms with Gasteiger partial charge in [-0.2, -0.15) is 7.05 Å². The van der Waals surface area contributed by atoms with Crippen molar-refractivity contribution in [2.45, 2.75) is 56.3 Å². The molecule has 3 nitrogen and oxygen atoms in total. The Kier molecular flexibility index (Phi) is 8.83. The number of benzene rings is 1. The summed E-state index contributed by atoms with van der Waals surface area (Å²) in [6.45, 7) is 4.98. The van der Waals surface area contributed by atoms with E-state index in [0.29, 0.717) is 12.0 Å². The molecule has 28 heavy (non-hydrogen) atoms. The van der Waals surface area contributed by atoms with Crippen LogP contribution in [0.15, 0.2) is 18.2 Å². The first-order chi connectivity index (χ1) is 12.9. The van der Waals surface area contributed by atoms with Crippen LogP contribution in [0.3, 0.4) is 0 Å². The van der Waals surface area contributed by atoms with Gasteiger partial charge in [0.05, 0.1) is 7.11 Å². The van der Waals surface area contributed by atoms with Crippen LogP contribution in [0.5, 0.6) is 5.75 Å². The van der Waals surface area contributed by atoms with Gasteiger partial charge < -0.3 is 22.0 Å². The molecule has 2 fully saturated rings. The van der Waals surface area contributed by atoms with Crippen LogP contribution in [0.25, 0.3) is 4.98 Å². The van der Waals surface area contributed by atoms with Crippen molar-refractivity contribution in [3.8, 4) is 5.75 Å². The van der Waals surface area contributed by atoms with Gasteiger partial charge in [0, 0.05) is 24.7 Å². The van der Waals surface area contributed by atoms with E-state index in [1.807, 2.05) is 0 Å². The molecule has 4 rings (SSSR count). The van der Waals surface area contributed by atoms with Crippen molar-refractivity contribution < 1.29 is 21.8 Å². The number of rotatable bonds is 3. The fourth-order valence-electron chi connectivity index (χ4n) is 6.21. The molecular formula is C21H34Cl2N2OSiTi-2. The van der Waals surface area contributed by atoms with E-state index < -0.39 is 25.3 Å². The molecule has 0 radical (unpaired) electrons. The third-order valence-electron chi connectivity index (χ3n) is 7.35. The molecule has 1 aliphatic heterocycles. The monoisotopic (exact) mass is 476 g/mol. The number of halogens is 2. The van der Waals surface area contributed by atoms with Crippen LogP contribution in [0.1, 0.15) is 37.2 Å². The van der Waals surface area contributed by atoms with Crippen LogP contribution in [0.2, 0.25) is 18.6 Å². The normalized spacial score (nSPS) is 30.2. The first-order valence-electron chi connectivity index (χ1n) is 9.89. The molecule has 5 atom stereocenters. The van der Waals surface area contributed by atoms with Crippen LogP contribution in [0.4, 0.5) is 5.69 Å². The number of hydrogen-bond acceptors (Lipinski definition) is 2. The SMILES string of the molecule is C[N-][Si](C)(C)C1C2CCCCC2C2c3cc(OC)ccc3N(C)C21.[CH3-].[Cl][Ti][Cl]. The molecule has 1 aromatic carbocycles. The Balaban J connectivity index is 0.000000660. The summed E-state index contributed by atoms with van der Waals surface area (Å²) in [6, 6.07) is 7.36. The number of nitrogens with zero attached hydrogens (tertiary/aromatic N) is 2. The zero-order chi connectivity index (χ0) is 19.8. The minimum absolute atomic E-state index is 0. The number of hydrogen-bond donors (Lipinski definition) is 0. The standard InChI is InChI=1S/C20H31N2OSi.CH3.2ClH.Ti/c1-21-24(4,5)20-15-9-7-6-8-14(15)18-16-12-13(23-3)10-11-17(16)22(2)19(18)20;;;;/h10-12,14-15,18-20H,6-9H2,1-5H3;1H3;2*1H;/q2*-1;;;+2/p-2. The van der Waals surface area contributed by atoms with E-state index in [1.165, 1.54) is 31.4 Å². The van der Waals surface area contributed by atoms with E-state index in [-0.39, 0.29) is 7.43 Å². The predicted molar refractivity (Wildman–Crippen MR) is 122 cm³/mol. The molecule has 2 aliphatic carbocycles. The average molecular weight is 477 g/mol. The van der Waals surface area contributed by atoms with E-state index in [9.17, 15) is 0 Å². The van der Waals surface area contributed by atoms with Gasteiger partial charge in [0.25, 0.3) is 0 Å². The average Bonchev–Trinajstić information content (AvgIpc) is 3.16. The molecule has 0 bridgehead atoms. The molecule has 1 aromatic rings. The summed E-state index contributed by atoms with van der Waals surface area (Å²) in [7, 11) is 14.4. The fraction of sp³-hybridized carbons (Fsp3) is 0.667. The van der Waals surface area contributed by atoms with Crippen LogP contribution in [-0.4, -0.2) is 35.5 Å². The topological polar surface area (TPSA) is 26.6 Å². The number of ether oxygens (including phenoxy) is 1. The summed E-state index contributed by atoms with van der Waals surface area (Å²) in [4.78, 5) is 7.57. The molecule has 0 aromatic heterocycles. The van der Waals surface area contributed by atoms with Gasteiger partial charge in [-0.3, -0.25) is 0 Å². The Labute approximate surface area is 189 Å². The minimum atomic E-state index is -1.59. The summed E-state index contributed by atoms with van der Waals surface area (Å²) in [5.41, 5.74) is 3.75.